The number of halogens is 4. The molecule has 4 heterocycles. The molecule has 2 amide bonds. The number of benzene rings is 1. The number of nitrogens with zero attached hydrogens (tertiary/aromatic N) is 4. The zero-order valence-electron chi connectivity index (χ0n) is 20.4. The summed E-state index contributed by atoms with van der Waals surface area (Å²) in [4.78, 5) is 46.7. The summed E-state index contributed by atoms with van der Waals surface area (Å²) in [5.74, 6) is -5.46. The van der Waals surface area contributed by atoms with Gasteiger partial charge in [0, 0.05) is 24.4 Å². The van der Waals surface area contributed by atoms with Gasteiger partial charge in [0.15, 0.2) is 0 Å². The fourth-order valence-corrected chi connectivity index (χ4v) is 5.71. The number of aromatic nitrogens is 2. The molecule has 202 valence electrons. The molecule has 6 rings (SSSR count). The summed E-state index contributed by atoms with van der Waals surface area (Å²) < 4.78 is 44.2. The Morgan fingerprint density at radius 3 is 2.67 bits per heavy atom. The summed E-state index contributed by atoms with van der Waals surface area (Å²) in [5.41, 5.74) is -1.67. The first-order valence-electron chi connectivity index (χ1n) is 12.1. The Kier molecular flexibility index (Phi) is 5.48. The van der Waals surface area contributed by atoms with Crippen LogP contribution in [0.2, 0.25) is 5.02 Å². The molecule has 1 saturated heterocycles. The van der Waals surface area contributed by atoms with Crippen molar-refractivity contribution >= 4 is 45.8 Å². The highest BCUT2D eigenvalue weighted by Crippen LogP contribution is 2.54. The zero-order chi connectivity index (χ0) is 28.0. The number of hydrogen-bond donors (Lipinski definition) is 2. The molecule has 0 spiro atoms. The average molecular weight is 560 g/mol. The lowest BCUT2D eigenvalue weighted by Gasteiger charge is -2.48. The molecule has 39 heavy (non-hydrogen) atoms. The first kappa shape index (κ1) is 25.2. The van der Waals surface area contributed by atoms with Crippen LogP contribution in [0.15, 0.2) is 41.7 Å². The van der Waals surface area contributed by atoms with Gasteiger partial charge in [-0.2, -0.15) is 0 Å². The number of carbonyl (C=O) groups excluding carboxylic acids is 2. The third kappa shape index (κ3) is 3.68. The quantitative estimate of drug-likeness (QED) is 0.474. The Labute approximate surface area is 224 Å². The second-order valence-corrected chi connectivity index (χ2v) is 10.3. The van der Waals surface area contributed by atoms with Crippen molar-refractivity contribution < 1.29 is 27.9 Å². The fraction of sp³-hybridized carbons (Fsp3) is 0.308. The molecule has 1 saturated carbocycles. The average Bonchev–Trinajstić information content (AvgIpc) is 3.51. The van der Waals surface area contributed by atoms with E-state index in [1.165, 1.54) is 23.1 Å². The molecular formula is C26H21ClF3N5O4. The molecule has 13 heteroatoms. The van der Waals surface area contributed by atoms with Crippen LogP contribution in [-0.2, 0) is 9.59 Å². The van der Waals surface area contributed by atoms with Crippen LogP contribution in [0.1, 0.15) is 19.4 Å². The van der Waals surface area contributed by atoms with Gasteiger partial charge in [0.05, 0.1) is 28.5 Å². The van der Waals surface area contributed by atoms with Gasteiger partial charge < -0.3 is 20.2 Å². The SMILES string of the molecule is C=CC(=O)N1C[C@@H]2C(=O)Nc3c(c4cc(Cl)c(-c5c(O)cccc5F)nc4n([C@@H]4CC4(F)F)c3=O)N2C[C@H]1C. The maximum atomic E-state index is 14.8. The number of hydrogen-bond acceptors (Lipinski definition) is 6. The molecule has 1 aliphatic carbocycles. The second kappa shape index (κ2) is 8.47. The monoisotopic (exact) mass is 559 g/mol. The topological polar surface area (TPSA) is 108 Å². The summed E-state index contributed by atoms with van der Waals surface area (Å²) in [5, 5.41) is 13.0. The number of aromatic hydroxyl groups is 1. The summed E-state index contributed by atoms with van der Waals surface area (Å²) in [6.45, 7) is 5.40. The summed E-state index contributed by atoms with van der Waals surface area (Å²) in [6.07, 6.45) is 0.523. The van der Waals surface area contributed by atoms with E-state index in [9.17, 15) is 32.7 Å². The molecule has 0 unspecified atom stereocenters. The van der Waals surface area contributed by atoms with Crippen molar-refractivity contribution in [1.29, 1.82) is 0 Å². The smallest absolute Gasteiger partial charge is 0.278 e. The predicted octanol–water partition coefficient (Wildman–Crippen LogP) is 3.69. The Balaban J connectivity index is 1.63. The Bertz CT molecular complexity index is 1660. The normalized spacial score (nSPS) is 23.2. The third-order valence-corrected chi connectivity index (χ3v) is 7.76. The van der Waals surface area contributed by atoms with E-state index in [4.69, 9.17) is 11.6 Å². The van der Waals surface area contributed by atoms with Crippen molar-refractivity contribution in [3.63, 3.8) is 0 Å². The predicted molar refractivity (Wildman–Crippen MR) is 138 cm³/mol. The van der Waals surface area contributed by atoms with Crippen molar-refractivity contribution in [2.45, 2.75) is 37.4 Å². The van der Waals surface area contributed by atoms with Gasteiger partial charge in [0.1, 0.15) is 35.0 Å². The van der Waals surface area contributed by atoms with Crippen molar-refractivity contribution in [3.05, 3.63) is 58.1 Å². The van der Waals surface area contributed by atoms with Gasteiger partial charge in [-0.05, 0) is 31.2 Å². The Morgan fingerprint density at radius 1 is 1.31 bits per heavy atom. The number of alkyl halides is 2. The van der Waals surface area contributed by atoms with E-state index in [1.54, 1.807) is 11.8 Å². The number of anilines is 2. The lowest BCUT2D eigenvalue weighted by molar-refractivity contribution is -0.130. The van der Waals surface area contributed by atoms with E-state index in [0.717, 1.165) is 16.7 Å². The maximum Gasteiger partial charge on any atom is 0.278 e. The van der Waals surface area contributed by atoms with Gasteiger partial charge in [-0.15, -0.1) is 0 Å². The number of pyridine rings is 2. The largest absolute Gasteiger partial charge is 0.507 e. The number of nitrogens with one attached hydrogen (secondary N) is 1. The fourth-order valence-electron chi connectivity index (χ4n) is 5.47. The van der Waals surface area contributed by atoms with Crippen LogP contribution in [0, 0.1) is 5.82 Å². The zero-order valence-corrected chi connectivity index (χ0v) is 21.2. The van der Waals surface area contributed by atoms with Crippen molar-refractivity contribution in [3.8, 4) is 17.0 Å². The number of phenolic OH excluding ortho intramolecular Hbond substituents is 1. The van der Waals surface area contributed by atoms with Crippen LogP contribution < -0.4 is 15.8 Å². The van der Waals surface area contributed by atoms with E-state index in [1.807, 2.05) is 0 Å². The molecule has 2 fully saturated rings. The molecule has 3 atom stereocenters. The number of piperazine rings is 1. The summed E-state index contributed by atoms with van der Waals surface area (Å²) in [6, 6.07) is 2.12. The number of fused-ring (bicyclic) bond motifs is 5. The molecular weight excluding hydrogens is 539 g/mol. The number of carbonyl (C=O) groups is 2. The minimum absolute atomic E-state index is 0.00902. The van der Waals surface area contributed by atoms with Gasteiger partial charge in [-0.1, -0.05) is 24.2 Å². The van der Waals surface area contributed by atoms with Crippen LogP contribution in [-0.4, -0.2) is 62.5 Å². The summed E-state index contributed by atoms with van der Waals surface area (Å²) >= 11 is 6.54. The first-order chi connectivity index (χ1) is 18.4. The van der Waals surface area contributed by atoms with E-state index in [-0.39, 0.29) is 57.7 Å². The van der Waals surface area contributed by atoms with Crippen LogP contribution >= 0.6 is 11.6 Å². The molecule has 2 aliphatic heterocycles. The Morgan fingerprint density at radius 2 is 2.03 bits per heavy atom. The van der Waals surface area contributed by atoms with Crippen molar-refractivity contribution in [2.24, 2.45) is 0 Å². The van der Waals surface area contributed by atoms with Crippen LogP contribution in [0.4, 0.5) is 24.5 Å². The van der Waals surface area contributed by atoms with Gasteiger partial charge >= 0.3 is 0 Å². The van der Waals surface area contributed by atoms with Crippen LogP contribution in [0.5, 0.6) is 5.75 Å². The highest BCUT2D eigenvalue weighted by Gasteiger charge is 2.60. The molecule has 2 aromatic heterocycles. The van der Waals surface area contributed by atoms with Gasteiger partial charge in [-0.25, -0.2) is 18.2 Å². The maximum absolute atomic E-state index is 14.8. The Hall–Kier alpha value is -4.06. The molecule has 2 N–H and O–H groups in total. The minimum atomic E-state index is -3.20. The van der Waals surface area contributed by atoms with Crippen molar-refractivity contribution in [1.82, 2.24) is 14.5 Å². The first-order valence-corrected chi connectivity index (χ1v) is 12.5. The standard InChI is InChI=1S/C26H21ClF3N5O4/c1-3-18(37)33-10-15-24(38)32-21-22(34(15)9-11(33)2)12-7-13(27)20(19-14(28)5-4-6-16(19)36)31-23(12)35(25(21)39)17-8-26(17,29)30/h3-7,11,15,17,36H,1,8-10H2,2H3,(H,32,38)/t11-,15-,17-/m1/s1. The molecule has 3 aliphatic rings. The number of rotatable bonds is 3. The van der Waals surface area contributed by atoms with E-state index < -0.39 is 53.5 Å². The lowest BCUT2D eigenvalue weighted by atomic mass is 9.99. The second-order valence-electron chi connectivity index (χ2n) is 9.90. The highest BCUT2D eigenvalue weighted by atomic mass is 35.5. The van der Waals surface area contributed by atoms with E-state index in [2.05, 4.69) is 16.9 Å². The minimum Gasteiger partial charge on any atom is -0.507 e. The molecule has 0 radical (unpaired) electrons. The summed E-state index contributed by atoms with van der Waals surface area (Å²) in [7, 11) is 0. The highest BCUT2D eigenvalue weighted by molar-refractivity contribution is 6.34. The van der Waals surface area contributed by atoms with Gasteiger partial charge in [0.25, 0.3) is 11.5 Å². The number of amides is 2. The molecule has 0 bridgehead atoms. The van der Waals surface area contributed by atoms with Crippen LogP contribution in [0.3, 0.4) is 0 Å². The van der Waals surface area contributed by atoms with Crippen molar-refractivity contribution in [2.75, 3.05) is 23.3 Å². The lowest BCUT2D eigenvalue weighted by Crippen LogP contribution is -2.64. The molecule has 1 aromatic carbocycles. The molecule has 9 nitrogen and oxygen atoms in total. The third-order valence-electron chi connectivity index (χ3n) is 7.48. The van der Waals surface area contributed by atoms with E-state index in [0.29, 0.717) is 0 Å². The van der Waals surface area contributed by atoms with Gasteiger partial charge in [-0.3, -0.25) is 19.0 Å². The number of phenols is 1. The van der Waals surface area contributed by atoms with Gasteiger partial charge in [0.2, 0.25) is 11.8 Å². The van der Waals surface area contributed by atoms with Crippen LogP contribution in [0.25, 0.3) is 22.3 Å². The van der Waals surface area contributed by atoms with E-state index >= 15 is 0 Å². The molecule has 3 aromatic rings.